The Kier molecular flexibility index (Phi) is 4.07. The van der Waals surface area contributed by atoms with Gasteiger partial charge in [0.2, 0.25) is 5.91 Å². The molecule has 0 saturated carbocycles. The molecule has 6 heteroatoms. The van der Waals surface area contributed by atoms with E-state index in [1.54, 1.807) is 0 Å². The minimum Gasteiger partial charge on any atom is -0.463 e. The fourth-order valence-corrected chi connectivity index (χ4v) is 4.88. The zero-order valence-electron chi connectivity index (χ0n) is 15.7. The summed E-state index contributed by atoms with van der Waals surface area (Å²) in [4.78, 5) is 17.3. The number of hydrogen-bond acceptors (Lipinski definition) is 5. The monoisotopic (exact) mass is 366 g/mol. The molecule has 3 aliphatic heterocycles. The van der Waals surface area contributed by atoms with Crippen LogP contribution in [-0.2, 0) is 16.8 Å². The molecule has 5 rings (SSSR count). The first kappa shape index (κ1) is 17.0. The number of fused-ring (bicyclic) bond motifs is 2. The minimum atomic E-state index is -0.338. The van der Waals surface area contributed by atoms with Crippen molar-refractivity contribution in [3.8, 4) is 0 Å². The zero-order chi connectivity index (χ0) is 18.4. The Morgan fingerprint density at radius 3 is 2.78 bits per heavy atom. The van der Waals surface area contributed by atoms with Crippen LogP contribution in [0, 0.1) is 0 Å². The number of benzene rings is 1. The molecule has 1 atom stereocenters. The molecule has 4 heterocycles. The van der Waals surface area contributed by atoms with E-state index in [0.29, 0.717) is 0 Å². The van der Waals surface area contributed by atoms with Crippen LogP contribution in [0.15, 0.2) is 40.8 Å². The molecule has 1 unspecified atom stereocenters. The van der Waals surface area contributed by atoms with Gasteiger partial charge in [-0.2, -0.15) is 0 Å². The molecule has 0 radical (unpaired) electrons. The van der Waals surface area contributed by atoms with E-state index in [1.165, 1.54) is 5.56 Å². The average Bonchev–Trinajstić information content (AvgIpc) is 3.42. The molecule has 1 amide bonds. The van der Waals surface area contributed by atoms with Crippen molar-refractivity contribution in [1.29, 1.82) is 0 Å². The molecule has 2 aromatic rings. The number of nitrogens with zero attached hydrogens (tertiary/aromatic N) is 2. The number of anilines is 1. The number of hydrogen-bond donors (Lipinski definition) is 2. The molecule has 1 aromatic heterocycles. The van der Waals surface area contributed by atoms with Crippen molar-refractivity contribution in [2.45, 2.75) is 37.3 Å². The SMILES string of the molecule is CN1C(=O)C2(CCN(Cc3ccc(C4CCNN4)o3)CC2)c2ccccc21. The highest BCUT2D eigenvalue weighted by Crippen LogP contribution is 2.47. The number of amides is 1. The predicted octanol–water partition coefficient (Wildman–Crippen LogP) is 2.33. The summed E-state index contributed by atoms with van der Waals surface area (Å²) in [5.41, 5.74) is 8.33. The highest BCUT2D eigenvalue weighted by Gasteiger charge is 2.50. The van der Waals surface area contributed by atoms with Crippen molar-refractivity contribution in [2.75, 3.05) is 31.6 Å². The molecule has 6 nitrogen and oxygen atoms in total. The molecule has 2 fully saturated rings. The maximum Gasteiger partial charge on any atom is 0.237 e. The van der Waals surface area contributed by atoms with E-state index < -0.39 is 0 Å². The number of nitrogens with one attached hydrogen (secondary N) is 2. The second-order valence-electron chi connectivity index (χ2n) is 7.96. The summed E-state index contributed by atoms with van der Waals surface area (Å²) in [5.74, 6) is 2.26. The average molecular weight is 366 g/mol. The Labute approximate surface area is 159 Å². The first-order chi connectivity index (χ1) is 13.2. The quantitative estimate of drug-likeness (QED) is 0.873. The highest BCUT2D eigenvalue weighted by molar-refractivity contribution is 6.07. The largest absolute Gasteiger partial charge is 0.463 e. The third kappa shape index (κ3) is 2.71. The van der Waals surface area contributed by atoms with Gasteiger partial charge in [0, 0.05) is 19.3 Å². The smallest absolute Gasteiger partial charge is 0.237 e. The Balaban J connectivity index is 1.28. The Hall–Kier alpha value is -2.15. The van der Waals surface area contributed by atoms with Crippen LogP contribution in [-0.4, -0.2) is 37.5 Å². The molecule has 142 valence electrons. The van der Waals surface area contributed by atoms with Gasteiger partial charge in [0.1, 0.15) is 11.5 Å². The summed E-state index contributed by atoms with van der Waals surface area (Å²) in [6, 6.07) is 12.7. The third-order valence-corrected chi connectivity index (χ3v) is 6.44. The van der Waals surface area contributed by atoms with Gasteiger partial charge in [-0.3, -0.25) is 15.1 Å². The Bertz CT molecular complexity index is 847. The number of likely N-dealkylation sites (N-methyl/N-ethyl adjacent to an activating group) is 1. The van der Waals surface area contributed by atoms with Crippen LogP contribution < -0.4 is 15.8 Å². The van der Waals surface area contributed by atoms with Crippen molar-refractivity contribution in [3.63, 3.8) is 0 Å². The number of rotatable bonds is 3. The lowest BCUT2D eigenvalue weighted by Gasteiger charge is -2.38. The number of furan rings is 1. The number of likely N-dealkylation sites (tertiary alicyclic amines) is 1. The molecule has 3 aliphatic rings. The number of carbonyl (C=O) groups excluding carboxylic acids is 1. The molecular formula is C21H26N4O2. The Morgan fingerprint density at radius 2 is 2.00 bits per heavy atom. The lowest BCUT2D eigenvalue weighted by Crippen LogP contribution is -2.47. The van der Waals surface area contributed by atoms with Crippen molar-refractivity contribution in [2.24, 2.45) is 0 Å². The van der Waals surface area contributed by atoms with Gasteiger partial charge in [-0.1, -0.05) is 18.2 Å². The van der Waals surface area contributed by atoms with Gasteiger partial charge >= 0.3 is 0 Å². The van der Waals surface area contributed by atoms with Crippen molar-refractivity contribution in [3.05, 3.63) is 53.5 Å². The van der Waals surface area contributed by atoms with E-state index in [9.17, 15) is 4.79 Å². The maximum atomic E-state index is 13.0. The van der Waals surface area contributed by atoms with Crippen molar-refractivity contribution >= 4 is 11.6 Å². The second-order valence-corrected chi connectivity index (χ2v) is 7.96. The maximum absolute atomic E-state index is 13.0. The van der Waals surface area contributed by atoms with Gasteiger partial charge in [-0.15, -0.1) is 0 Å². The molecule has 27 heavy (non-hydrogen) atoms. The van der Waals surface area contributed by atoms with Gasteiger partial charge < -0.3 is 9.32 Å². The molecule has 1 spiro atoms. The Morgan fingerprint density at radius 1 is 1.19 bits per heavy atom. The number of piperidine rings is 1. The van der Waals surface area contributed by atoms with E-state index in [2.05, 4.69) is 46.1 Å². The van der Waals surface area contributed by atoms with Crippen molar-refractivity contribution < 1.29 is 9.21 Å². The van der Waals surface area contributed by atoms with E-state index in [0.717, 1.165) is 62.6 Å². The number of carbonyl (C=O) groups is 1. The summed E-state index contributed by atoms with van der Waals surface area (Å²) in [5, 5.41) is 0. The molecule has 0 bridgehead atoms. The standard InChI is InChI=1S/C21H26N4O2/c1-24-18-5-3-2-4-16(18)21(20(24)26)9-12-25(13-10-21)14-15-6-7-19(27-15)17-8-11-22-23-17/h2-7,17,22-23H,8-14H2,1H3. The minimum absolute atomic E-state index is 0.253. The second kappa shape index (κ2) is 6.48. The first-order valence-electron chi connectivity index (χ1n) is 9.84. The lowest BCUT2D eigenvalue weighted by molar-refractivity contribution is -0.124. The van der Waals surface area contributed by atoms with Crippen LogP contribution in [0.1, 0.15) is 42.4 Å². The van der Waals surface area contributed by atoms with E-state index in [-0.39, 0.29) is 17.4 Å². The topological polar surface area (TPSA) is 60.8 Å². The first-order valence-corrected chi connectivity index (χ1v) is 9.84. The summed E-state index contributed by atoms with van der Waals surface area (Å²) in [6.07, 6.45) is 2.79. The fraction of sp³-hybridized carbons (Fsp3) is 0.476. The van der Waals surface area contributed by atoms with Crippen LogP contribution in [0.25, 0.3) is 0 Å². The number of para-hydroxylation sites is 1. The van der Waals surface area contributed by atoms with Gasteiger partial charge in [-0.05, 0) is 56.1 Å². The van der Waals surface area contributed by atoms with E-state index in [1.807, 2.05) is 18.0 Å². The van der Waals surface area contributed by atoms with Crippen LogP contribution >= 0.6 is 0 Å². The molecule has 2 N–H and O–H groups in total. The van der Waals surface area contributed by atoms with Crippen LogP contribution in [0.5, 0.6) is 0 Å². The number of hydrazine groups is 1. The van der Waals surface area contributed by atoms with Crippen LogP contribution in [0.3, 0.4) is 0 Å². The van der Waals surface area contributed by atoms with Crippen LogP contribution in [0.2, 0.25) is 0 Å². The summed E-state index contributed by atoms with van der Waals surface area (Å²) >= 11 is 0. The van der Waals surface area contributed by atoms with Gasteiger partial charge in [-0.25, -0.2) is 5.43 Å². The normalized spacial score (nSPS) is 24.7. The van der Waals surface area contributed by atoms with Gasteiger partial charge in [0.25, 0.3) is 0 Å². The van der Waals surface area contributed by atoms with E-state index in [4.69, 9.17) is 4.42 Å². The molecule has 2 saturated heterocycles. The fourth-order valence-electron chi connectivity index (χ4n) is 4.88. The molecule has 0 aliphatic carbocycles. The zero-order valence-corrected chi connectivity index (χ0v) is 15.7. The predicted molar refractivity (Wildman–Crippen MR) is 103 cm³/mol. The van der Waals surface area contributed by atoms with E-state index >= 15 is 0 Å². The van der Waals surface area contributed by atoms with Crippen LogP contribution in [0.4, 0.5) is 5.69 Å². The highest BCUT2D eigenvalue weighted by atomic mass is 16.3. The van der Waals surface area contributed by atoms with Crippen molar-refractivity contribution in [1.82, 2.24) is 15.8 Å². The summed E-state index contributed by atoms with van der Waals surface area (Å²) < 4.78 is 6.06. The summed E-state index contributed by atoms with van der Waals surface area (Å²) in [6.45, 7) is 3.60. The van der Waals surface area contributed by atoms with Gasteiger partial charge in [0.05, 0.1) is 18.0 Å². The molecular weight excluding hydrogens is 340 g/mol. The van der Waals surface area contributed by atoms with Gasteiger partial charge in [0.15, 0.2) is 0 Å². The lowest BCUT2D eigenvalue weighted by atomic mass is 9.73. The molecule has 1 aromatic carbocycles. The third-order valence-electron chi connectivity index (χ3n) is 6.44. The summed E-state index contributed by atoms with van der Waals surface area (Å²) in [7, 11) is 1.90.